The van der Waals surface area contributed by atoms with Crippen LogP contribution in [-0.4, -0.2) is 10.1 Å². The van der Waals surface area contributed by atoms with E-state index in [-0.39, 0.29) is 6.10 Å². The number of hydrogen-bond acceptors (Lipinski definition) is 1. The first-order chi connectivity index (χ1) is 5.63. The zero-order valence-electron chi connectivity index (χ0n) is 7.91. The monoisotopic (exact) mass is 167 g/mol. The minimum Gasteiger partial charge on any atom is -0.388 e. The SMILES string of the molecule is CC(C)C(C)C(O)c1cc[nH]c1. The highest BCUT2D eigenvalue weighted by molar-refractivity contribution is 5.12. The maximum absolute atomic E-state index is 9.83. The van der Waals surface area contributed by atoms with E-state index in [2.05, 4.69) is 25.8 Å². The van der Waals surface area contributed by atoms with Gasteiger partial charge in [0.1, 0.15) is 0 Å². The van der Waals surface area contributed by atoms with Crippen LogP contribution in [0, 0.1) is 11.8 Å². The van der Waals surface area contributed by atoms with E-state index in [0.717, 1.165) is 5.56 Å². The van der Waals surface area contributed by atoms with Crippen molar-refractivity contribution in [3.63, 3.8) is 0 Å². The van der Waals surface area contributed by atoms with E-state index < -0.39 is 0 Å². The number of nitrogens with one attached hydrogen (secondary N) is 1. The maximum Gasteiger partial charge on any atom is 0.0832 e. The van der Waals surface area contributed by atoms with Crippen molar-refractivity contribution in [2.75, 3.05) is 0 Å². The van der Waals surface area contributed by atoms with Crippen molar-refractivity contribution in [1.82, 2.24) is 4.98 Å². The van der Waals surface area contributed by atoms with Crippen molar-refractivity contribution in [2.45, 2.75) is 26.9 Å². The van der Waals surface area contributed by atoms with Gasteiger partial charge in [0.2, 0.25) is 0 Å². The van der Waals surface area contributed by atoms with E-state index in [1.54, 1.807) is 0 Å². The lowest BCUT2D eigenvalue weighted by Crippen LogP contribution is -2.14. The smallest absolute Gasteiger partial charge is 0.0832 e. The maximum atomic E-state index is 9.83. The predicted molar refractivity (Wildman–Crippen MR) is 49.8 cm³/mol. The minimum absolute atomic E-state index is 0.306. The van der Waals surface area contributed by atoms with Crippen LogP contribution in [0.1, 0.15) is 32.4 Å². The van der Waals surface area contributed by atoms with Gasteiger partial charge in [-0.1, -0.05) is 20.8 Å². The Labute approximate surface area is 73.6 Å². The van der Waals surface area contributed by atoms with Crippen LogP contribution >= 0.6 is 0 Å². The molecule has 0 spiro atoms. The summed E-state index contributed by atoms with van der Waals surface area (Å²) in [6.07, 6.45) is 3.35. The van der Waals surface area contributed by atoms with Crippen LogP contribution in [0.15, 0.2) is 18.5 Å². The number of aliphatic hydroxyl groups excluding tert-OH is 1. The molecule has 1 rings (SSSR count). The summed E-state index contributed by atoms with van der Waals surface area (Å²) in [5.74, 6) is 0.815. The summed E-state index contributed by atoms with van der Waals surface area (Å²) in [5, 5.41) is 9.83. The van der Waals surface area contributed by atoms with Crippen LogP contribution in [0.3, 0.4) is 0 Å². The molecule has 2 heteroatoms. The second kappa shape index (κ2) is 3.76. The highest BCUT2D eigenvalue weighted by atomic mass is 16.3. The molecule has 2 unspecified atom stereocenters. The molecule has 2 N–H and O–H groups in total. The Hall–Kier alpha value is -0.760. The molecule has 1 aromatic rings. The van der Waals surface area contributed by atoms with Gasteiger partial charge in [0, 0.05) is 12.4 Å². The second-order valence-corrected chi connectivity index (χ2v) is 3.69. The molecule has 0 aliphatic carbocycles. The van der Waals surface area contributed by atoms with Crippen molar-refractivity contribution in [2.24, 2.45) is 11.8 Å². The largest absolute Gasteiger partial charge is 0.388 e. The second-order valence-electron chi connectivity index (χ2n) is 3.69. The standard InChI is InChI=1S/C10H17NO/c1-7(2)8(3)10(12)9-4-5-11-6-9/h4-8,10-12H,1-3H3. The molecular formula is C10H17NO. The number of aromatic amines is 1. The molecule has 0 saturated heterocycles. The van der Waals surface area contributed by atoms with Crippen LogP contribution in [0.4, 0.5) is 0 Å². The highest BCUT2D eigenvalue weighted by Crippen LogP contribution is 2.26. The molecule has 0 radical (unpaired) electrons. The van der Waals surface area contributed by atoms with Gasteiger partial charge in [-0.25, -0.2) is 0 Å². The quantitative estimate of drug-likeness (QED) is 0.712. The molecule has 0 fully saturated rings. The molecule has 2 atom stereocenters. The Kier molecular flexibility index (Phi) is 2.93. The van der Waals surface area contributed by atoms with Gasteiger partial charge >= 0.3 is 0 Å². The lowest BCUT2D eigenvalue weighted by Gasteiger charge is -2.21. The highest BCUT2D eigenvalue weighted by Gasteiger charge is 2.19. The summed E-state index contributed by atoms with van der Waals surface area (Å²) in [5.41, 5.74) is 0.983. The number of rotatable bonds is 3. The predicted octanol–water partition coefficient (Wildman–Crippen LogP) is 2.34. The van der Waals surface area contributed by atoms with Crippen LogP contribution in [0.25, 0.3) is 0 Å². The van der Waals surface area contributed by atoms with Crippen molar-refractivity contribution in [1.29, 1.82) is 0 Å². The third-order valence-electron chi connectivity index (χ3n) is 2.51. The van der Waals surface area contributed by atoms with Crippen molar-refractivity contribution in [3.05, 3.63) is 24.0 Å². The number of H-pyrrole nitrogens is 1. The summed E-state index contributed by atoms with van der Waals surface area (Å²) < 4.78 is 0. The van der Waals surface area contributed by atoms with Crippen molar-refractivity contribution < 1.29 is 5.11 Å². The third kappa shape index (κ3) is 1.89. The molecule has 1 heterocycles. The zero-order chi connectivity index (χ0) is 9.14. The fourth-order valence-corrected chi connectivity index (χ4v) is 1.19. The topological polar surface area (TPSA) is 36.0 Å². The minimum atomic E-state index is -0.337. The Balaban J connectivity index is 2.65. The van der Waals surface area contributed by atoms with Gasteiger partial charge in [0.25, 0.3) is 0 Å². The van der Waals surface area contributed by atoms with Gasteiger partial charge < -0.3 is 10.1 Å². The van der Waals surface area contributed by atoms with E-state index in [0.29, 0.717) is 11.8 Å². The van der Waals surface area contributed by atoms with Crippen LogP contribution in [0.2, 0.25) is 0 Å². The molecule has 0 aliphatic heterocycles. The first-order valence-corrected chi connectivity index (χ1v) is 4.43. The molecular weight excluding hydrogens is 150 g/mol. The average molecular weight is 167 g/mol. The van der Waals surface area contributed by atoms with Crippen molar-refractivity contribution >= 4 is 0 Å². The van der Waals surface area contributed by atoms with Crippen LogP contribution in [-0.2, 0) is 0 Å². The van der Waals surface area contributed by atoms with Gasteiger partial charge in [-0.2, -0.15) is 0 Å². The van der Waals surface area contributed by atoms with Crippen molar-refractivity contribution in [3.8, 4) is 0 Å². The zero-order valence-corrected chi connectivity index (χ0v) is 7.91. The molecule has 1 aromatic heterocycles. The summed E-state index contributed by atoms with van der Waals surface area (Å²) in [7, 11) is 0. The lowest BCUT2D eigenvalue weighted by atomic mass is 9.89. The summed E-state index contributed by atoms with van der Waals surface area (Å²) in [6.45, 7) is 6.32. The first-order valence-electron chi connectivity index (χ1n) is 4.43. The average Bonchev–Trinajstić information content (AvgIpc) is 2.53. The van der Waals surface area contributed by atoms with Gasteiger partial charge in [0.05, 0.1) is 6.10 Å². The Morgan fingerprint density at radius 1 is 1.33 bits per heavy atom. The Bertz CT molecular complexity index is 216. The van der Waals surface area contributed by atoms with Gasteiger partial charge in [0.15, 0.2) is 0 Å². The number of hydrogen-bond donors (Lipinski definition) is 2. The molecule has 0 aliphatic rings. The van der Waals surface area contributed by atoms with E-state index in [1.165, 1.54) is 0 Å². The number of aliphatic hydroxyl groups is 1. The van der Waals surface area contributed by atoms with E-state index in [1.807, 2.05) is 18.5 Å². The Morgan fingerprint density at radius 3 is 2.42 bits per heavy atom. The Morgan fingerprint density at radius 2 is 2.00 bits per heavy atom. The normalized spacial score (nSPS) is 16.4. The van der Waals surface area contributed by atoms with Crippen LogP contribution in [0.5, 0.6) is 0 Å². The van der Waals surface area contributed by atoms with Crippen LogP contribution < -0.4 is 0 Å². The lowest BCUT2D eigenvalue weighted by molar-refractivity contribution is 0.0922. The van der Waals surface area contributed by atoms with E-state index >= 15 is 0 Å². The number of aromatic nitrogens is 1. The van der Waals surface area contributed by atoms with E-state index in [9.17, 15) is 5.11 Å². The molecule has 12 heavy (non-hydrogen) atoms. The van der Waals surface area contributed by atoms with Gasteiger partial charge in [-0.3, -0.25) is 0 Å². The fourth-order valence-electron chi connectivity index (χ4n) is 1.19. The fraction of sp³-hybridized carbons (Fsp3) is 0.600. The molecule has 0 saturated carbocycles. The molecule has 0 bridgehead atoms. The molecule has 0 aromatic carbocycles. The third-order valence-corrected chi connectivity index (χ3v) is 2.51. The van der Waals surface area contributed by atoms with E-state index in [4.69, 9.17) is 0 Å². The molecule has 0 amide bonds. The first kappa shape index (κ1) is 9.33. The summed E-state index contributed by atoms with van der Waals surface area (Å²) in [4.78, 5) is 2.94. The molecule has 68 valence electrons. The van der Waals surface area contributed by atoms with Gasteiger partial charge in [-0.15, -0.1) is 0 Å². The summed E-state index contributed by atoms with van der Waals surface area (Å²) >= 11 is 0. The molecule has 2 nitrogen and oxygen atoms in total. The summed E-state index contributed by atoms with van der Waals surface area (Å²) in [6, 6.07) is 1.92. The van der Waals surface area contributed by atoms with Gasteiger partial charge in [-0.05, 0) is 23.5 Å².